The van der Waals surface area contributed by atoms with Crippen molar-refractivity contribution in [2.45, 2.75) is 123 Å². The van der Waals surface area contributed by atoms with Crippen LogP contribution < -0.4 is 23.7 Å². The minimum Gasteiger partial charge on any atom is -0.497 e. The molecular weight excluding hydrogens is 1220 g/mol. The molecule has 0 saturated carbocycles. The van der Waals surface area contributed by atoms with Gasteiger partial charge in [0, 0.05) is 128 Å². The molecule has 3 aliphatic rings. The van der Waals surface area contributed by atoms with Crippen molar-refractivity contribution >= 4 is 84.9 Å². The van der Waals surface area contributed by atoms with E-state index in [1.54, 1.807) is 28.1 Å². The molecule has 9 aromatic rings. The zero-order chi connectivity index (χ0) is 64.5. The largest absolute Gasteiger partial charge is 0.497 e. The normalized spacial score (nSPS) is 15.4. The molecular formula is C75H87Cl3N6O8. The van der Waals surface area contributed by atoms with Crippen molar-refractivity contribution in [3.05, 3.63) is 184 Å². The van der Waals surface area contributed by atoms with Crippen molar-refractivity contribution < 1.29 is 38.1 Å². The van der Waals surface area contributed by atoms with Crippen LogP contribution in [0.4, 0.5) is 0 Å². The molecule has 0 unspecified atom stereocenters. The predicted molar refractivity (Wildman–Crippen MR) is 372 cm³/mol. The summed E-state index contributed by atoms with van der Waals surface area (Å²) in [6, 6.07) is 43.1. The molecule has 14 nitrogen and oxygen atoms in total. The molecule has 12 rings (SSSR count). The van der Waals surface area contributed by atoms with Crippen LogP contribution in [0.5, 0.6) is 28.7 Å². The first-order chi connectivity index (χ1) is 44.8. The molecule has 17 heteroatoms. The van der Waals surface area contributed by atoms with Crippen molar-refractivity contribution in [2.24, 2.45) is 0 Å². The van der Waals surface area contributed by atoms with Crippen molar-refractivity contribution in [2.75, 3.05) is 73.1 Å². The van der Waals surface area contributed by atoms with Gasteiger partial charge in [0.2, 0.25) is 0 Å². The van der Waals surface area contributed by atoms with E-state index in [4.69, 9.17) is 58.5 Å². The molecule has 6 aromatic carbocycles. The Labute approximate surface area is 556 Å². The number of likely N-dealkylation sites (tertiary alicyclic amines) is 3. The first-order valence-corrected chi connectivity index (χ1v) is 33.8. The Morgan fingerprint density at radius 1 is 0.424 bits per heavy atom. The summed E-state index contributed by atoms with van der Waals surface area (Å²) in [4.78, 5) is 44.0. The molecule has 0 radical (unpaired) electrons. The number of aromatic nitrogens is 3. The fourth-order valence-electron chi connectivity index (χ4n) is 13.0. The summed E-state index contributed by atoms with van der Waals surface area (Å²) in [5.74, 6) is 4.30. The third-order valence-corrected chi connectivity index (χ3v) is 18.9. The van der Waals surface area contributed by atoms with Gasteiger partial charge in [-0.2, -0.15) is 0 Å². The number of carbonyl (C=O) groups excluding carboxylic acids is 3. The maximum absolute atomic E-state index is 12.3. The standard InChI is InChI=1S/2C25H29ClN2O3.C25H29ClN2O2/c1-18(29)21-17-28(25-20(21)7-5-10-24(25)30-2)14-6-13-27-15-11-19(12-16-27)31-23-9-4-3-8-22(23)26;1-18(29)22-17-28(24-9-8-20(30-2)16-21(22)24)13-5-12-27-14-10-19(11-15-27)31-25-7-4-3-6-23(25)26;1-2-24(29)21-18-28(23-10-5-3-8-20(21)23)15-7-14-27-16-12-19(13-17-27)30-25-11-6-4-9-22(25)26/h3-5,7-10,17,19H,6,11-16H2,1-2H3;3-4,6-9,16-17,19H,5,10-15H2,1-2H3;3-6,8-11,18-19H,2,7,12-17H2,1H3. The maximum Gasteiger partial charge on any atom is 0.164 e. The molecule has 0 spiro atoms. The van der Waals surface area contributed by atoms with Gasteiger partial charge in [-0.1, -0.05) is 108 Å². The minimum atomic E-state index is 0.0811. The Bertz CT molecular complexity index is 3890. The van der Waals surface area contributed by atoms with E-state index in [1.807, 2.05) is 147 Å². The van der Waals surface area contributed by atoms with E-state index >= 15 is 0 Å². The molecule has 0 N–H and O–H groups in total. The molecule has 0 aliphatic carbocycles. The van der Waals surface area contributed by atoms with Gasteiger partial charge in [0.05, 0.1) is 34.8 Å². The molecule has 486 valence electrons. The third-order valence-electron chi connectivity index (χ3n) is 18.0. The zero-order valence-electron chi connectivity index (χ0n) is 53.8. The lowest BCUT2D eigenvalue weighted by atomic mass is 10.1. The van der Waals surface area contributed by atoms with E-state index in [0.29, 0.717) is 21.5 Å². The number of piperidine rings is 3. The number of benzene rings is 6. The van der Waals surface area contributed by atoms with E-state index in [2.05, 4.69) is 40.5 Å². The first kappa shape index (κ1) is 67.6. The van der Waals surface area contributed by atoms with Crippen molar-refractivity contribution in [3.8, 4) is 28.7 Å². The summed E-state index contributed by atoms with van der Waals surface area (Å²) in [7, 11) is 3.32. The summed E-state index contributed by atoms with van der Waals surface area (Å²) in [6.07, 6.45) is 16.4. The van der Waals surface area contributed by atoms with Crippen LogP contribution in [0.25, 0.3) is 32.7 Å². The highest BCUT2D eigenvalue weighted by Gasteiger charge is 2.25. The number of Topliss-reactive ketones (excluding diaryl/α,β-unsaturated/α-hetero) is 3. The van der Waals surface area contributed by atoms with Crippen LogP contribution in [0.3, 0.4) is 0 Å². The van der Waals surface area contributed by atoms with Gasteiger partial charge in [0.15, 0.2) is 17.3 Å². The molecule has 3 fully saturated rings. The van der Waals surface area contributed by atoms with E-state index in [1.165, 1.54) is 0 Å². The second-order valence-corrected chi connectivity index (χ2v) is 25.4. The Kier molecular flexibility index (Phi) is 24.2. The lowest BCUT2D eigenvalue weighted by molar-refractivity contribution is 0.0984. The molecule has 0 atom stereocenters. The quantitative estimate of drug-likeness (QED) is 0.0538. The molecule has 0 bridgehead atoms. The maximum atomic E-state index is 12.3. The lowest BCUT2D eigenvalue weighted by Gasteiger charge is -2.32. The van der Waals surface area contributed by atoms with Crippen LogP contribution in [-0.4, -0.2) is 137 Å². The second-order valence-electron chi connectivity index (χ2n) is 24.2. The fourth-order valence-corrected chi connectivity index (χ4v) is 13.5. The SMILES string of the molecule is CCC(=O)c1cn(CCCN2CCC(Oc3ccccc3Cl)CC2)c2ccccc12.COc1ccc2c(c1)c(C(C)=O)cn2CCCN1CCC(Oc2ccccc2Cl)CC1.COc1cccc2c(C(C)=O)cn(CCCN3CCC(Oc4ccccc4Cl)CC3)c12. The average Bonchev–Trinajstić information content (AvgIpc) is 1.68. The smallest absolute Gasteiger partial charge is 0.164 e. The molecule has 6 heterocycles. The predicted octanol–water partition coefficient (Wildman–Crippen LogP) is 16.7. The highest BCUT2D eigenvalue weighted by molar-refractivity contribution is 6.32. The van der Waals surface area contributed by atoms with Crippen LogP contribution in [0.15, 0.2) is 152 Å². The number of ether oxygens (including phenoxy) is 5. The van der Waals surface area contributed by atoms with Crippen LogP contribution in [0, 0.1) is 0 Å². The minimum absolute atomic E-state index is 0.0811. The van der Waals surface area contributed by atoms with E-state index < -0.39 is 0 Å². The van der Waals surface area contributed by atoms with Gasteiger partial charge in [-0.3, -0.25) is 14.4 Å². The van der Waals surface area contributed by atoms with Gasteiger partial charge in [-0.15, -0.1) is 0 Å². The van der Waals surface area contributed by atoms with Gasteiger partial charge in [-0.05, 0) is 158 Å². The van der Waals surface area contributed by atoms with Crippen LogP contribution in [0.2, 0.25) is 15.1 Å². The number of fused-ring (bicyclic) bond motifs is 3. The van der Waals surface area contributed by atoms with Crippen molar-refractivity contribution in [1.29, 1.82) is 0 Å². The van der Waals surface area contributed by atoms with Gasteiger partial charge >= 0.3 is 0 Å². The summed E-state index contributed by atoms with van der Waals surface area (Å²) in [5, 5.41) is 5.02. The molecule has 3 saturated heterocycles. The number of hydrogen-bond acceptors (Lipinski definition) is 11. The average molecular weight is 1310 g/mol. The number of methoxy groups -OCH3 is 2. The van der Waals surface area contributed by atoms with Crippen LogP contribution >= 0.6 is 34.8 Å². The van der Waals surface area contributed by atoms with Gasteiger partial charge in [-0.25, -0.2) is 0 Å². The van der Waals surface area contributed by atoms with E-state index in [9.17, 15) is 14.4 Å². The van der Waals surface area contributed by atoms with Gasteiger partial charge in [0.25, 0.3) is 0 Å². The Morgan fingerprint density at radius 2 is 0.815 bits per heavy atom. The van der Waals surface area contributed by atoms with Crippen LogP contribution in [-0.2, 0) is 19.6 Å². The van der Waals surface area contributed by atoms with Crippen LogP contribution in [0.1, 0.15) is 116 Å². The first-order valence-electron chi connectivity index (χ1n) is 32.6. The summed E-state index contributed by atoms with van der Waals surface area (Å²) >= 11 is 18.6. The Balaban J connectivity index is 0.000000151. The fraction of sp³-hybridized carbons (Fsp3) is 0.400. The lowest BCUT2D eigenvalue weighted by Crippen LogP contribution is -2.39. The topological polar surface area (TPSA) is 122 Å². The Hall–Kier alpha value is -7.30. The highest BCUT2D eigenvalue weighted by atomic mass is 35.5. The van der Waals surface area contributed by atoms with Crippen molar-refractivity contribution in [3.63, 3.8) is 0 Å². The van der Waals surface area contributed by atoms with E-state index in [0.717, 1.165) is 214 Å². The second kappa shape index (κ2) is 33.0. The molecule has 92 heavy (non-hydrogen) atoms. The van der Waals surface area contributed by atoms with E-state index in [-0.39, 0.29) is 35.7 Å². The monoisotopic (exact) mass is 1300 g/mol. The summed E-state index contributed by atoms with van der Waals surface area (Å²) in [6.45, 7) is 17.1. The number of carbonyl (C=O) groups is 3. The number of aryl methyl sites for hydroxylation is 3. The number of para-hydroxylation sites is 5. The molecule has 3 aromatic heterocycles. The van der Waals surface area contributed by atoms with Gasteiger partial charge < -0.3 is 52.1 Å². The van der Waals surface area contributed by atoms with Gasteiger partial charge in [0.1, 0.15) is 47.1 Å². The Morgan fingerprint density at radius 3 is 1.26 bits per heavy atom. The molecule has 0 amide bonds. The van der Waals surface area contributed by atoms with Crippen molar-refractivity contribution in [1.82, 2.24) is 28.4 Å². The molecule has 3 aliphatic heterocycles. The number of halogens is 3. The summed E-state index contributed by atoms with van der Waals surface area (Å²) < 4.78 is 35.8. The number of ketones is 3. The zero-order valence-corrected chi connectivity index (χ0v) is 56.1. The third kappa shape index (κ3) is 17.5. The number of hydrogen-bond donors (Lipinski definition) is 0. The highest BCUT2D eigenvalue weighted by Crippen LogP contribution is 2.34. The number of nitrogens with zero attached hydrogens (tertiary/aromatic N) is 6. The number of rotatable bonds is 24. The summed E-state index contributed by atoms with van der Waals surface area (Å²) in [5.41, 5.74) is 5.60.